The molecule has 1 aromatic rings. The third-order valence-electron chi connectivity index (χ3n) is 3.07. The summed E-state index contributed by atoms with van der Waals surface area (Å²) in [6.45, 7) is 0. The Hall–Kier alpha value is -0.540. The molecule has 0 N–H and O–H groups in total. The summed E-state index contributed by atoms with van der Waals surface area (Å²) in [5.41, 5.74) is -0.261. The second-order valence-electron chi connectivity index (χ2n) is 4.01. The number of esters is 1. The van der Waals surface area contributed by atoms with Gasteiger partial charge in [0.2, 0.25) is 0 Å². The average Bonchev–Trinajstić information content (AvgIpc) is 2.56. The van der Waals surface area contributed by atoms with Crippen LogP contribution in [0.5, 0.6) is 0 Å². The first-order valence-electron chi connectivity index (χ1n) is 4.99. The second-order valence-corrected chi connectivity index (χ2v) is 5.81. The van der Waals surface area contributed by atoms with Crippen molar-refractivity contribution in [2.45, 2.75) is 25.7 Å². The highest BCUT2D eigenvalue weighted by Crippen LogP contribution is 2.45. The molecule has 0 radical (unpaired) electrons. The van der Waals surface area contributed by atoms with Crippen molar-refractivity contribution in [1.29, 1.82) is 0 Å². The van der Waals surface area contributed by atoms with Crippen molar-refractivity contribution in [2.75, 3.05) is 7.11 Å². The molecule has 1 aliphatic rings. The van der Waals surface area contributed by atoms with Gasteiger partial charge in [0.25, 0.3) is 0 Å². The van der Waals surface area contributed by atoms with Gasteiger partial charge in [-0.15, -0.1) is 11.3 Å². The maximum atomic E-state index is 11.7. The monoisotopic (exact) mass is 244 g/mol. The van der Waals surface area contributed by atoms with Gasteiger partial charge in [-0.25, -0.2) is 0 Å². The molecule has 0 unspecified atom stereocenters. The van der Waals surface area contributed by atoms with Crippen LogP contribution in [-0.4, -0.2) is 13.1 Å². The molecule has 4 heteroatoms. The van der Waals surface area contributed by atoms with Gasteiger partial charge in [0, 0.05) is 4.88 Å². The van der Waals surface area contributed by atoms with Crippen LogP contribution in [0, 0.1) is 5.41 Å². The lowest BCUT2D eigenvalue weighted by molar-refractivity contribution is -0.158. The number of rotatable bonds is 3. The Labute approximate surface area is 98.2 Å². The molecule has 1 aromatic heterocycles. The number of carbonyl (C=O) groups is 1. The Bertz CT molecular complexity index is 368. The maximum absolute atomic E-state index is 11.7. The summed E-state index contributed by atoms with van der Waals surface area (Å²) in [4.78, 5) is 12.8. The van der Waals surface area contributed by atoms with Crippen molar-refractivity contribution < 1.29 is 9.53 Å². The quantitative estimate of drug-likeness (QED) is 0.763. The summed E-state index contributed by atoms with van der Waals surface area (Å²) >= 11 is 7.42. The highest BCUT2D eigenvalue weighted by molar-refractivity contribution is 7.16. The number of methoxy groups -OCH3 is 1. The lowest BCUT2D eigenvalue weighted by Crippen LogP contribution is -2.40. The minimum atomic E-state index is -0.261. The Morgan fingerprint density at radius 1 is 1.60 bits per heavy atom. The SMILES string of the molecule is COC(=O)C1(Cc2ccc(Cl)s2)CCC1. The van der Waals surface area contributed by atoms with Crippen molar-refractivity contribution in [2.24, 2.45) is 5.41 Å². The molecule has 0 bridgehead atoms. The highest BCUT2D eigenvalue weighted by atomic mass is 35.5. The molecule has 1 aliphatic carbocycles. The number of ether oxygens (including phenoxy) is 1. The van der Waals surface area contributed by atoms with E-state index in [9.17, 15) is 4.79 Å². The molecule has 2 nitrogen and oxygen atoms in total. The van der Waals surface area contributed by atoms with Crippen LogP contribution in [-0.2, 0) is 16.0 Å². The molecule has 1 saturated carbocycles. The number of halogens is 1. The van der Waals surface area contributed by atoms with Gasteiger partial charge in [-0.3, -0.25) is 4.79 Å². The maximum Gasteiger partial charge on any atom is 0.312 e. The van der Waals surface area contributed by atoms with Gasteiger partial charge < -0.3 is 4.74 Å². The molecule has 15 heavy (non-hydrogen) atoms. The lowest BCUT2D eigenvalue weighted by atomic mass is 9.66. The van der Waals surface area contributed by atoms with E-state index >= 15 is 0 Å². The Morgan fingerprint density at radius 2 is 2.33 bits per heavy atom. The minimum Gasteiger partial charge on any atom is -0.469 e. The molecular formula is C11H13ClO2S. The first-order valence-corrected chi connectivity index (χ1v) is 6.18. The Balaban J connectivity index is 2.11. The van der Waals surface area contributed by atoms with Crippen molar-refractivity contribution in [3.63, 3.8) is 0 Å². The Morgan fingerprint density at radius 3 is 2.73 bits per heavy atom. The summed E-state index contributed by atoms with van der Waals surface area (Å²) in [7, 11) is 1.46. The van der Waals surface area contributed by atoms with Crippen LogP contribution in [0.1, 0.15) is 24.1 Å². The molecular weight excluding hydrogens is 232 g/mol. The standard InChI is InChI=1S/C11H13ClO2S/c1-14-10(13)11(5-2-6-11)7-8-3-4-9(12)15-8/h3-4H,2,5-7H2,1H3. The van der Waals surface area contributed by atoms with Crippen LogP contribution >= 0.6 is 22.9 Å². The van der Waals surface area contributed by atoms with E-state index in [0.717, 1.165) is 30.0 Å². The molecule has 0 aliphatic heterocycles. The summed E-state index contributed by atoms with van der Waals surface area (Å²) in [5.74, 6) is -0.0710. The van der Waals surface area contributed by atoms with Crippen molar-refractivity contribution in [3.05, 3.63) is 21.3 Å². The molecule has 0 spiro atoms. The van der Waals surface area contributed by atoms with E-state index in [4.69, 9.17) is 16.3 Å². The van der Waals surface area contributed by atoms with Crippen LogP contribution in [0.15, 0.2) is 12.1 Å². The molecule has 0 atom stereocenters. The summed E-state index contributed by atoms with van der Waals surface area (Å²) in [5, 5.41) is 0. The van der Waals surface area contributed by atoms with Crippen LogP contribution in [0.25, 0.3) is 0 Å². The third-order valence-corrected chi connectivity index (χ3v) is 4.30. The highest BCUT2D eigenvalue weighted by Gasteiger charge is 2.45. The third kappa shape index (κ3) is 2.04. The summed E-state index contributed by atoms with van der Waals surface area (Å²) < 4.78 is 5.65. The van der Waals surface area contributed by atoms with E-state index in [0.29, 0.717) is 0 Å². The second kappa shape index (κ2) is 4.14. The number of hydrogen-bond acceptors (Lipinski definition) is 3. The zero-order valence-electron chi connectivity index (χ0n) is 8.59. The van der Waals surface area contributed by atoms with Gasteiger partial charge in [-0.2, -0.15) is 0 Å². The van der Waals surface area contributed by atoms with Crippen LogP contribution < -0.4 is 0 Å². The van der Waals surface area contributed by atoms with E-state index < -0.39 is 0 Å². The fourth-order valence-electron chi connectivity index (χ4n) is 2.05. The lowest BCUT2D eigenvalue weighted by Gasteiger charge is -2.38. The van der Waals surface area contributed by atoms with Gasteiger partial charge >= 0.3 is 5.97 Å². The van der Waals surface area contributed by atoms with Crippen molar-refractivity contribution in [1.82, 2.24) is 0 Å². The summed E-state index contributed by atoms with van der Waals surface area (Å²) in [6.07, 6.45) is 3.77. The van der Waals surface area contributed by atoms with Crippen LogP contribution in [0.2, 0.25) is 4.34 Å². The predicted molar refractivity (Wildman–Crippen MR) is 61.3 cm³/mol. The fraction of sp³-hybridized carbons (Fsp3) is 0.545. The van der Waals surface area contributed by atoms with E-state index in [1.807, 2.05) is 12.1 Å². The Kier molecular flexibility index (Phi) is 3.03. The smallest absolute Gasteiger partial charge is 0.312 e. The minimum absolute atomic E-state index is 0.0710. The fourth-order valence-corrected chi connectivity index (χ4v) is 3.28. The number of carbonyl (C=O) groups excluding carboxylic acids is 1. The van der Waals surface area contributed by atoms with Crippen LogP contribution in [0.3, 0.4) is 0 Å². The predicted octanol–water partition coefficient (Wildman–Crippen LogP) is 3.29. The first-order chi connectivity index (χ1) is 7.16. The molecule has 2 rings (SSSR count). The number of thiophene rings is 1. The van der Waals surface area contributed by atoms with Gasteiger partial charge in [0.15, 0.2) is 0 Å². The molecule has 0 amide bonds. The normalized spacial score (nSPS) is 18.3. The summed E-state index contributed by atoms with van der Waals surface area (Å²) in [6, 6.07) is 3.88. The van der Waals surface area contributed by atoms with Crippen LogP contribution in [0.4, 0.5) is 0 Å². The van der Waals surface area contributed by atoms with Gasteiger partial charge in [-0.1, -0.05) is 18.0 Å². The molecule has 82 valence electrons. The van der Waals surface area contributed by atoms with E-state index in [-0.39, 0.29) is 11.4 Å². The topological polar surface area (TPSA) is 26.3 Å². The molecule has 1 heterocycles. The van der Waals surface area contributed by atoms with E-state index in [1.54, 1.807) is 11.3 Å². The van der Waals surface area contributed by atoms with E-state index in [2.05, 4.69) is 0 Å². The van der Waals surface area contributed by atoms with Gasteiger partial charge in [0.1, 0.15) is 0 Å². The van der Waals surface area contributed by atoms with E-state index in [1.165, 1.54) is 12.0 Å². The van der Waals surface area contributed by atoms with Crippen molar-refractivity contribution in [3.8, 4) is 0 Å². The average molecular weight is 245 g/mol. The van der Waals surface area contributed by atoms with Gasteiger partial charge in [0.05, 0.1) is 16.9 Å². The molecule has 0 saturated heterocycles. The zero-order chi connectivity index (χ0) is 10.9. The van der Waals surface area contributed by atoms with Crippen molar-refractivity contribution >= 4 is 28.9 Å². The van der Waals surface area contributed by atoms with Gasteiger partial charge in [-0.05, 0) is 31.4 Å². The largest absolute Gasteiger partial charge is 0.469 e. The number of hydrogen-bond donors (Lipinski definition) is 0. The first kappa shape index (κ1) is 11.0. The zero-order valence-corrected chi connectivity index (χ0v) is 10.2. The molecule has 0 aromatic carbocycles. The molecule has 1 fully saturated rings.